The molecule has 4 rings (SSSR count). The van der Waals surface area contributed by atoms with Crippen LogP contribution in [-0.2, 0) is 11.2 Å². The molecule has 6 heteroatoms. The van der Waals surface area contributed by atoms with Crippen molar-refractivity contribution in [1.82, 2.24) is 5.32 Å². The van der Waals surface area contributed by atoms with E-state index >= 15 is 0 Å². The van der Waals surface area contributed by atoms with E-state index in [1.54, 1.807) is 31.4 Å². The molecule has 0 saturated carbocycles. The van der Waals surface area contributed by atoms with Gasteiger partial charge in [0.1, 0.15) is 5.75 Å². The van der Waals surface area contributed by atoms with Gasteiger partial charge in [-0.3, -0.25) is 14.6 Å². The van der Waals surface area contributed by atoms with Gasteiger partial charge in [-0.2, -0.15) is 0 Å². The summed E-state index contributed by atoms with van der Waals surface area (Å²) in [5.41, 5.74) is 3.76. The highest BCUT2D eigenvalue weighted by molar-refractivity contribution is 6.17. The summed E-state index contributed by atoms with van der Waals surface area (Å²) < 4.78 is 10.9. The Morgan fingerprint density at radius 3 is 2.59 bits per heavy atom. The van der Waals surface area contributed by atoms with Crippen molar-refractivity contribution in [3.63, 3.8) is 0 Å². The largest absolute Gasteiger partial charge is 0.497 e. The Kier molecular flexibility index (Phi) is 6.42. The highest BCUT2D eigenvalue weighted by atomic mass is 16.5. The van der Waals surface area contributed by atoms with Crippen LogP contribution in [0.5, 0.6) is 5.75 Å². The lowest BCUT2D eigenvalue weighted by molar-refractivity contribution is 0.0857. The van der Waals surface area contributed by atoms with Gasteiger partial charge in [-0.1, -0.05) is 18.2 Å². The monoisotopic (exact) mass is 434 g/mol. The number of amides is 1. The average molecular weight is 435 g/mol. The number of ketones is 1. The maximum Gasteiger partial charge on any atom is 0.251 e. The number of carbonyl (C=O) groups is 2. The molecule has 2 aliphatic heterocycles. The van der Waals surface area contributed by atoms with E-state index in [2.05, 4.69) is 25.2 Å². The fourth-order valence-corrected chi connectivity index (χ4v) is 4.35. The predicted octanol–water partition coefficient (Wildman–Crippen LogP) is 4.00. The van der Waals surface area contributed by atoms with Gasteiger partial charge in [-0.15, -0.1) is 0 Å². The summed E-state index contributed by atoms with van der Waals surface area (Å²) in [7, 11) is 1.63. The summed E-state index contributed by atoms with van der Waals surface area (Å²) in [4.78, 5) is 30.3. The van der Waals surface area contributed by atoms with Crippen molar-refractivity contribution in [3.05, 3.63) is 64.7 Å². The summed E-state index contributed by atoms with van der Waals surface area (Å²) >= 11 is 0. The van der Waals surface area contributed by atoms with E-state index in [0.717, 1.165) is 42.9 Å². The van der Waals surface area contributed by atoms with Gasteiger partial charge < -0.3 is 14.8 Å². The summed E-state index contributed by atoms with van der Waals surface area (Å²) in [5, 5.41) is 2.91. The lowest BCUT2D eigenvalue weighted by Gasteiger charge is -2.29. The maximum absolute atomic E-state index is 13.0. The van der Waals surface area contributed by atoms with E-state index in [0.29, 0.717) is 17.7 Å². The van der Waals surface area contributed by atoms with Crippen LogP contribution >= 0.6 is 0 Å². The van der Waals surface area contributed by atoms with Crippen LogP contribution in [0.1, 0.15) is 65.0 Å². The molecule has 1 atom stereocenters. The Labute approximate surface area is 189 Å². The lowest BCUT2D eigenvalue weighted by Crippen LogP contribution is -2.31. The number of carbonyl (C=O) groups excluding carboxylic acids is 2. The first-order valence-corrected chi connectivity index (χ1v) is 11.1. The molecule has 0 aromatic heterocycles. The number of ether oxygens (including phenoxy) is 2. The van der Waals surface area contributed by atoms with E-state index in [4.69, 9.17) is 14.5 Å². The van der Waals surface area contributed by atoms with Crippen molar-refractivity contribution in [2.24, 2.45) is 4.99 Å². The molecule has 2 heterocycles. The number of aliphatic imine (C=N–C) groups is 1. The van der Waals surface area contributed by atoms with Gasteiger partial charge in [0.25, 0.3) is 5.91 Å². The van der Waals surface area contributed by atoms with E-state index in [1.807, 2.05) is 12.1 Å². The molecule has 168 valence electrons. The first kappa shape index (κ1) is 22.2. The Morgan fingerprint density at radius 1 is 1.16 bits per heavy atom. The Balaban J connectivity index is 1.45. The molecule has 2 aromatic carbocycles. The second-order valence-corrected chi connectivity index (χ2v) is 9.09. The van der Waals surface area contributed by atoms with Gasteiger partial charge in [0.2, 0.25) is 0 Å². The van der Waals surface area contributed by atoms with Crippen molar-refractivity contribution in [1.29, 1.82) is 0 Å². The van der Waals surface area contributed by atoms with Crippen molar-refractivity contribution < 1.29 is 19.1 Å². The lowest BCUT2D eigenvalue weighted by atomic mass is 9.85. The number of hydrogen-bond acceptors (Lipinski definition) is 5. The first-order chi connectivity index (χ1) is 15.3. The number of rotatable bonds is 7. The predicted molar refractivity (Wildman–Crippen MR) is 124 cm³/mol. The van der Waals surface area contributed by atoms with Gasteiger partial charge in [0, 0.05) is 29.8 Å². The molecule has 1 N–H and O–H groups in total. The molecule has 32 heavy (non-hydrogen) atoms. The van der Waals surface area contributed by atoms with Crippen LogP contribution in [0.2, 0.25) is 0 Å². The number of fused-ring (bicyclic) bond motifs is 1. The molecule has 2 aromatic rings. The summed E-state index contributed by atoms with van der Waals surface area (Å²) in [6.07, 6.45) is 3.13. The fraction of sp³-hybridized carbons (Fsp3) is 0.423. The molecular weight excluding hydrogens is 404 g/mol. The van der Waals surface area contributed by atoms with E-state index in [-0.39, 0.29) is 29.8 Å². The van der Waals surface area contributed by atoms with Gasteiger partial charge in [0.15, 0.2) is 5.78 Å². The first-order valence-electron chi connectivity index (χ1n) is 11.1. The third-order valence-corrected chi connectivity index (χ3v) is 6.00. The zero-order valence-electron chi connectivity index (χ0n) is 18.9. The van der Waals surface area contributed by atoms with Gasteiger partial charge >= 0.3 is 0 Å². The Hall–Kier alpha value is -2.99. The van der Waals surface area contributed by atoms with Gasteiger partial charge in [-0.25, -0.2) is 0 Å². The van der Waals surface area contributed by atoms with Gasteiger partial charge in [0.05, 0.1) is 30.9 Å². The van der Waals surface area contributed by atoms with Crippen molar-refractivity contribution >= 4 is 17.4 Å². The molecule has 0 aliphatic carbocycles. The second-order valence-electron chi connectivity index (χ2n) is 9.09. The Bertz CT molecular complexity index is 1030. The minimum Gasteiger partial charge on any atom is -0.497 e. The highest BCUT2D eigenvalue weighted by Gasteiger charge is 2.28. The molecule has 1 amide bonds. The van der Waals surface area contributed by atoms with Crippen LogP contribution in [0.25, 0.3) is 0 Å². The number of benzene rings is 2. The summed E-state index contributed by atoms with van der Waals surface area (Å²) in [6.45, 7) is 5.43. The number of methoxy groups -OCH3 is 1. The quantitative estimate of drug-likeness (QED) is 0.668. The molecule has 0 bridgehead atoms. The summed E-state index contributed by atoms with van der Waals surface area (Å²) in [6, 6.07) is 12.8. The van der Waals surface area contributed by atoms with Crippen LogP contribution in [-0.4, -0.2) is 49.3 Å². The fourth-order valence-electron chi connectivity index (χ4n) is 4.35. The third-order valence-electron chi connectivity index (χ3n) is 6.00. The minimum absolute atomic E-state index is 0.0264. The number of nitrogens with zero attached hydrogens (tertiary/aromatic N) is 1. The molecule has 6 nitrogen and oxygen atoms in total. The van der Waals surface area contributed by atoms with E-state index < -0.39 is 0 Å². The number of nitrogens with one attached hydrogen (secondary N) is 1. The van der Waals surface area contributed by atoms with Crippen LogP contribution < -0.4 is 10.1 Å². The topological polar surface area (TPSA) is 77.0 Å². The highest BCUT2D eigenvalue weighted by Crippen LogP contribution is 2.31. The third kappa shape index (κ3) is 5.07. The van der Waals surface area contributed by atoms with Crippen molar-refractivity contribution in [2.45, 2.75) is 51.2 Å². The van der Waals surface area contributed by atoms with Crippen LogP contribution in [0.4, 0.5) is 0 Å². The maximum atomic E-state index is 13.0. The molecule has 2 aliphatic rings. The van der Waals surface area contributed by atoms with E-state index in [9.17, 15) is 9.59 Å². The molecule has 1 saturated heterocycles. The second kappa shape index (κ2) is 9.25. The zero-order valence-corrected chi connectivity index (χ0v) is 18.9. The van der Waals surface area contributed by atoms with Crippen LogP contribution in [0.3, 0.4) is 0 Å². The standard InChI is InChI=1S/C26H30N2O4/c1-26(2)15-19-10-11-20(31-3)13-22(19)23(28-26)14-24(29)17-6-8-18(9-7-17)25(30)27-16-21-5-4-12-32-21/h6-11,13,21H,4-5,12,14-16H2,1-3H3,(H,27,30). The van der Waals surface area contributed by atoms with Crippen LogP contribution in [0.15, 0.2) is 47.5 Å². The summed E-state index contributed by atoms with van der Waals surface area (Å²) in [5.74, 6) is 0.572. The van der Waals surface area contributed by atoms with E-state index in [1.165, 1.54) is 5.56 Å². The average Bonchev–Trinajstić information content (AvgIpc) is 3.30. The molecule has 1 unspecified atom stereocenters. The van der Waals surface area contributed by atoms with Crippen molar-refractivity contribution in [2.75, 3.05) is 20.3 Å². The zero-order chi connectivity index (χ0) is 22.7. The molecule has 0 radical (unpaired) electrons. The van der Waals surface area contributed by atoms with Crippen molar-refractivity contribution in [3.8, 4) is 5.75 Å². The number of hydrogen-bond donors (Lipinski definition) is 1. The molecule has 0 spiro atoms. The molecular formula is C26H30N2O4. The molecule has 1 fully saturated rings. The Morgan fingerprint density at radius 2 is 1.91 bits per heavy atom. The van der Waals surface area contributed by atoms with Crippen LogP contribution in [0, 0.1) is 0 Å². The smallest absolute Gasteiger partial charge is 0.251 e. The normalized spacial score (nSPS) is 19.1. The van der Waals surface area contributed by atoms with Gasteiger partial charge in [-0.05, 0) is 62.9 Å². The SMILES string of the molecule is COc1ccc2c(c1)C(CC(=O)c1ccc(C(=O)NCC3CCCO3)cc1)=NC(C)(C)C2. The number of Topliss-reactive ketones (excluding diaryl/α,β-unsaturated/α-hetero) is 1. The minimum atomic E-state index is -0.262.